The number of halogens is 1. The minimum Gasteiger partial charge on any atom is -0.506 e. The van der Waals surface area contributed by atoms with Crippen molar-refractivity contribution in [3.8, 4) is 17.0 Å². The SMILES string of the molecule is Oc1ccc2[nH]c(-c3ccccc3)cc2c1Cl. The molecule has 3 heteroatoms. The molecule has 3 aromatic rings. The zero-order valence-corrected chi connectivity index (χ0v) is 9.70. The van der Waals surface area contributed by atoms with Crippen LogP contribution in [0, 0.1) is 0 Å². The third kappa shape index (κ3) is 1.67. The van der Waals surface area contributed by atoms with Crippen LogP contribution in [0.2, 0.25) is 5.02 Å². The zero-order chi connectivity index (χ0) is 11.8. The Labute approximate surface area is 103 Å². The molecule has 1 heterocycles. The lowest BCUT2D eigenvalue weighted by Crippen LogP contribution is -1.74. The number of H-pyrrole nitrogens is 1. The molecule has 1 aromatic heterocycles. The molecule has 0 amide bonds. The number of aromatic hydroxyl groups is 1. The molecule has 2 nitrogen and oxygen atoms in total. The van der Waals surface area contributed by atoms with Crippen LogP contribution < -0.4 is 0 Å². The summed E-state index contributed by atoms with van der Waals surface area (Å²) < 4.78 is 0. The molecular formula is C14H10ClNO. The first-order chi connectivity index (χ1) is 8.25. The predicted molar refractivity (Wildman–Crippen MR) is 70.4 cm³/mol. The van der Waals surface area contributed by atoms with Gasteiger partial charge in [0.2, 0.25) is 0 Å². The van der Waals surface area contributed by atoms with E-state index < -0.39 is 0 Å². The summed E-state index contributed by atoms with van der Waals surface area (Å²) in [6.45, 7) is 0. The molecular weight excluding hydrogens is 234 g/mol. The fraction of sp³-hybridized carbons (Fsp3) is 0. The van der Waals surface area contributed by atoms with E-state index in [4.69, 9.17) is 11.6 Å². The number of hydrogen-bond acceptors (Lipinski definition) is 1. The van der Waals surface area contributed by atoms with Crippen molar-refractivity contribution in [2.45, 2.75) is 0 Å². The maximum absolute atomic E-state index is 9.55. The summed E-state index contributed by atoms with van der Waals surface area (Å²) in [4.78, 5) is 3.28. The summed E-state index contributed by atoms with van der Waals surface area (Å²) in [5.74, 6) is 0.109. The maximum Gasteiger partial charge on any atom is 0.134 e. The average molecular weight is 244 g/mol. The molecule has 0 spiro atoms. The lowest BCUT2D eigenvalue weighted by Gasteiger charge is -1.96. The number of aromatic nitrogens is 1. The van der Waals surface area contributed by atoms with Crippen molar-refractivity contribution < 1.29 is 5.11 Å². The molecule has 0 unspecified atom stereocenters. The van der Waals surface area contributed by atoms with Crippen molar-refractivity contribution in [2.75, 3.05) is 0 Å². The normalized spacial score (nSPS) is 10.9. The van der Waals surface area contributed by atoms with Crippen LogP contribution in [-0.4, -0.2) is 10.1 Å². The highest BCUT2D eigenvalue weighted by atomic mass is 35.5. The molecule has 84 valence electrons. The number of aromatic amines is 1. The average Bonchev–Trinajstić information content (AvgIpc) is 2.80. The first kappa shape index (κ1) is 10.2. The van der Waals surface area contributed by atoms with Crippen LogP contribution in [0.5, 0.6) is 5.75 Å². The fourth-order valence-corrected chi connectivity index (χ4v) is 2.15. The van der Waals surface area contributed by atoms with E-state index in [9.17, 15) is 5.11 Å². The second kappa shape index (κ2) is 3.82. The number of phenols is 1. The number of fused-ring (bicyclic) bond motifs is 1. The largest absolute Gasteiger partial charge is 0.506 e. The van der Waals surface area contributed by atoms with E-state index in [1.807, 2.05) is 42.5 Å². The van der Waals surface area contributed by atoms with Gasteiger partial charge in [0.15, 0.2) is 0 Å². The van der Waals surface area contributed by atoms with Crippen molar-refractivity contribution in [3.05, 3.63) is 53.6 Å². The Bertz CT molecular complexity index is 673. The van der Waals surface area contributed by atoms with Gasteiger partial charge in [0.05, 0.1) is 5.02 Å². The Morgan fingerprint density at radius 1 is 1.00 bits per heavy atom. The second-order valence-electron chi connectivity index (χ2n) is 3.91. The van der Waals surface area contributed by atoms with Crippen molar-refractivity contribution in [3.63, 3.8) is 0 Å². The Morgan fingerprint density at radius 3 is 2.53 bits per heavy atom. The molecule has 3 rings (SSSR count). The third-order valence-electron chi connectivity index (χ3n) is 2.80. The minimum absolute atomic E-state index is 0.109. The second-order valence-corrected chi connectivity index (χ2v) is 4.29. The molecule has 0 saturated heterocycles. The number of hydrogen-bond donors (Lipinski definition) is 2. The first-order valence-corrected chi connectivity index (χ1v) is 5.69. The van der Waals surface area contributed by atoms with Crippen LogP contribution in [0.4, 0.5) is 0 Å². The van der Waals surface area contributed by atoms with E-state index >= 15 is 0 Å². The van der Waals surface area contributed by atoms with Gasteiger partial charge in [-0.15, -0.1) is 0 Å². The minimum atomic E-state index is 0.109. The van der Waals surface area contributed by atoms with Crippen molar-refractivity contribution >= 4 is 22.5 Å². The van der Waals surface area contributed by atoms with Crippen LogP contribution in [0.25, 0.3) is 22.2 Å². The summed E-state index contributed by atoms with van der Waals surface area (Å²) in [6.07, 6.45) is 0. The smallest absolute Gasteiger partial charge is 0.134 e. The molecule has 17 heavy (non-hydrogen) atoms. The lowest BCUT2D eigenvalue weighted by atomic mass is 10.1. The fourth-order valence-electron chi connectivity index (χ4n) is 1.93. The van der Waals surface area contributed by atoms with Crippen LogP contribution in [0.1, 0.15) is 0 Å². The molecule has 2 N–H and O–H groups in total. The van der Waals surface area contributed by atoms with Gasteiger partial charge in [0.1, 0.15) is 5.75 Å². The highest BCUT2D eigenvalue weighted by Crippen LogP contribution is 2.34. The summed E-state index contributed by atoms with van der Waals surface area (Å²) in [7, 11) is 0. The Balaban J connectivity index is 2.24. The van der Waals surface area contributed by atoms with Crippen LogP contribution in [-0.2, 0) is 0 Å². The number of rotatable bonds is 1. The number of nitrogens with one attached hydrogen (secondary N) is 1. The lowest BCUT2D eigenvalue weighted by molar-refractivity contribution is 0.476. The summed E-state index contributed by atoms with van der Waals surface area (Å²) in [5.41, 5.74) is 3.01. The molecule has 0 aliphatic heterocycles. The molecule has 0 radical (unpaired) electrons. The maximum atomic E-state index is 9.55. The highest BCUT2D eigenvalue weighted by molar-refractivity contribution is 6.37. The Kier molecular flexibility index (Phi) is 2.30. The van der Waals surface area contributed by atoms with Gasteiger partial charge >= 0.3 is 0 Å². The van der Waals surface area contributed by atoms with Gasteiger partial charge in [0.25, 0.3) is 0 Å². The van der Waals surface area contributed by atoms with E-state index in [1.54, 1.807) is 6.07 Å². The first-order valence-electron chi connectivity index (χ1n) is 5.31. The Morgan fingerprint density at radius 2 is 1.76 bits per heavy atom. The quantitative estimate of drug-likeness (QED) is 0.660. The molecule has 0 aliphatic carbocycles. The standard InChI is InChI=1S/C14H10ClNO/c15-14-10-8-12(9-4-2-1-3-5-9)16-11(10)6-7-13(14)17/h1-8,16-17H. The van der Waals surface area contributed by atoms with Crippen molar-refractivity contribution in [1.82, 2.24) is 4.98 Å². The van der Waals surface area contributed by atoms with Crippen molar-refractivity contribution in [1.29, 1.82) is 0 Å². The molecule has 0 atom stereocenters. The van der Waals surface area contributed by atoms with Crippen molar-refractivity contribution in [2.24, 2.45) is 0 Å². The molecule has 0 bridgehead atoms. The molecule has 2 aromatic carbocycles. The van der Waals surface area contributed by atoms with Gasteiger partial charge in [-0.25, -0.2) is 0 Å². The third-order valence-corrected chi connectivity index (χ3v) is 3.20. The van der Waals surface area contributed by atoms with E-state index in [0.29, 0.717) is 5.02 Å². The van der Waals surface area contributed by atoms with Gasteiger partial charge < -0.3 is 10.1 Å². The monoisotopic (exact) mass is 243 g/mol. The summed E-state index contributed by atoms with van der Waals surface area (Å²) >= 11 is 6.06. The molecule has 0 fully saturated rings. The van der Waals surface area contributed by atoms with Crippen LogP contribution in [0.15, 0.2) is 48.5 Å². The van der Waals surface area contributed by atoms with Gasteiger partial charge in [-0.1, -0.05) is 41.9 Å². The zero-order valence-electron chi connectivity index (χ0n) is 8.94. The van der Waals surface area contributed by atoms with Crippen LogP contribution >= 0.6 is 11.6 Å². The summed E-state index contributed by atoms with van der Waals surface area (Å²) in [6, 6.07) is 15.4. The van der Waals surface area contributed by atoms with Gasteiger partial charge in [0, 0.05) is 16.6 Å². The van der Waals surface area contributed by atoms with Crippen LogP contribution in [0.3, 0.4) is 0 Å². The highest BCUT2D eigenvalue weighted by Gasteiger charge is 2.08. The molecule has 0 aliphatic rings. The molecule has 0 saturated carbocycles. The van der Waals surface area contributed by atoms with E-state index in [-0.39, 0.29) is 5.75 Å². The topological polar surface area (TPSA) is 36.0 Å². The van der Waals surface area contributed by atoms with Gasteiger partial charge in [-0.05, 0) is 23.8 Å². The van der Waals surface area contributed by atoms with E-state index in [1.165, 1.54) is 0 Å². The van der Waals surface area contributed by atoms with E-state index in [0.717, 1.165) is 22.2 Å². The van der Waals surface area contributed by atoms with Gasteiger partial charge in [-0.2, -0.15) is 0 Å². The van der Waals surface area contributed by atoms with E-state index in [2.05, 4.69) is 4.98 Å². The van der Waals surface area contributed by atoms with Gasteiger partial charge in [-0.3, -0.25) is 0 Å². The number of phenolic OH excluding ortho intramolecular Hbond substituents is 1. The number of benzene rings is 2. The Hall–Kier alpha value is -1.93. The predicted octanol–water partition coefficient (Wildman–Crippen LogP) is 4.19. The summed E-state index contributed by atoms with van der Waals surface area (Å²) in [5, 5.41) is 10.8.